The van der Waals surface area contributed by atoms with Crippen molar-refractivity contribution >= 4 is 21.8 Å². The van der Waals surface area contributed by atoms with Crippen LogP contribution in [0.15, 0.2) is 77.7 Å². The summed E-state index contributed by atoms with van der Waals surface area (Å²) < 4.78 is 52.1. The summed E-state index contributed by atoms with van der Waals surface area (Å²) in [5, 5.41) is 0. The van der Waals surface area contributed by atoms with Gasteiger partial charge in [0.25, 0.3) is 0 Å². The molecule has 1 aliphatic rings. The Hall–Kier alpha value is -3.59. The average molecular weight is 513 g/mol. The number of hydrogen-bond donors (Lipinski definition) is 0. The second kappa shape index (κ2) is 9.81. The zero-order valence-corrected chi connectivity index (χ0v) is 20.9. The largest absolute Gasteiger partial charge is 0.327 e. The molecule has 3 atom stereocenters. The molecule has 188 valence electrons. The molecule has 1 aliphatic heterocycles. The van der Waals surface area contributed by atoms with Crippen molar-refractivity contribution in [3.8, 4) is 0 Å². The van der Waals surface area contributed by atoms with E-state index >= 15 is 0 Å². The quantitative estimate of drug-likeness (QED) is 0.470. The summed E-state index contributed by atoms with van der Waals surface area (Å²) in [4.78, 5) is 29.6. The Kier molecular flexibility index (Phi) is 6.95. The van der Waals surface area contributed by atoms with Crippen molar-refractivity contribution in [2.45, 2.75) is 36.2 Å². The van der Waals surface area contributed by atoms with Crippen LogP contribution in [-0.2, 0) is 14.6 Å². The molecule has 0 aliphatic carbocycles. The highest BCUT2D eigenvalue weighted by Gasteiger charge is 2.45. The van der Waals surface area contributed by atoms with Crippen LogP contribution in [-0.4, -0.2) is 49.5 Å². The molecule has 0 saturated carbocycles. The number of halogens is 2. The van der Waals surface area contributed by atoms with Crippen molar-refractivity contribution in [2.24, 2.45) is 0 Å². The number of carbonyl (C=O) groups excluding carboxylic acids is 2. The van der Waals surface area contributed by atoms with E-state index in [9.17, 15) is 26.8 Å². The minimum Gasteiger partial charge on any atom is -0.322 e. The fourth-order valence-electron chi connectivity index (χ4n) is 4.66. The lowest BCUT2D eigenvalue weighted by atomic mass is 9.87. The Morgan fingerprint density at radius 3 is 2.08 bits per heavy atom. The maximum absolute atomic E-state index is 14.1. The molecule has 3 aromatic rings. The highest BCUT2D eigenvalue weighted by atomic mass is 32.2. The molecule has 1 heterocycles. The van der Waals surface area contributed by atoms with E-state index in [0.717, 1.165) is 30.0 Å². The van der Waals surface area contributed by atoms with Crippen molar-refractivity contribution in [3.63, 3.8) is 0 Å². The van der Waals surface area contributed by atoms with E-state index in [4.69, 9.17) is 0 Å². The standard InChI is InChI=1S/C27H26F2N2O4S/c1-17-26(19-7-5-4-6-8-19)31(27(33)30(17)2)25(32)16-24(20-13-21(28)15-22(29)14-20)18-9-11-23(12-10-18)36(3,34)35/h4-15,17,24,26H,16H2,1-3H3/t17?,24-,26?/m1/s1. The molecule has 6 nitrogen and oxygen atoms in total. The van der Waals surface area contributed by atoms with Gasteiger partial charge in [0.1, 0.15) is 11.6 Å². The van der Waals surface area contributed by atoms with Gasteiger partial charge in [-0.15, -0.1) is 0 Å². The van der Waals surface area contributed by atoms with Crippen LogP contribution in [0.1, 0.15) is 42.0 Å². The number of nitrogens with zero attached hydrogens (tertiary/aromatic N) is 2. The minimum absolute atomic E-state index is 0.0797. The van der Waals surface area contributed by atoms with E-state index in [1.54, 1.807) is 7.05 Å². The summed E-state index contributed by atoms with van der Waals surface area (Å²) in [7, 11) is -1.84. The molecule has 4 rings (SSSR count). The first-order chi connectivity index (χ1) is 17.0. The molecule has 0 bridgehead atoms. The highest BCUT2D eigenvalue weighted by Crippen LogP contribution is 2.37. The van der Waals surface area contributed by atoms with Crippen molar-refractivity contribution in [3.05, 3.63) is 101 Å². The second-order valence-corrected chi connectivity index (χ2v) is 11.1. The van der Waals surface area contributed by atoms with Gasteiger partial charge in [-0.25, -0.2) is 22.0 Å². The summed E-state index contributed by atoms with van der Waals surface area (Å²) in [5.41, 5.74) is 1.49. The number of imide groups is 1. The number of benzene rings is 3. The van der Waals surface area contributed by atoms with Gasteiger partial charge in [0.05, 0.1) is 17.0 Å². The van der Waals surface area contributed by atoms with Gasteiger partial charge in [-0.1, -0.05) is 42.5 Å². The zero-order chi connectivity index (χ0) is 26.2. The predicted octanol–water partition coefficient (Wildman–Crippen LogP) is 4.91. The smallest absolute Gasteiger partial charge is 0.322 e. The van der Waals surface area contributed by atoms with E-state index in [1.807, 2.05) is 37.3 Å². The number of sulfone groups is 1. The number of hydrogen-bond acceptors (Lipinski definition) is 4. The maximum Gasteiger partial charge on any atom is 0.327 e. The van der Waals surface area contributed by atoms with E-state index in [1.165, 1.54) is 34.1 Å². The molecule has 36 heavy (non-hydrogen) atoms. The molecule has 3 aromatic carbocycles. The molecule has 3 amide bonds. The summed E-state index contributed by atoms with van der Waals surface area (Å²) in [6.07, 6.45) is 0.822. The van der Waals surface area contributed by atoms with Crippen molar-refractivity contribution in [1.29, 1.82) is 0 Å². The van der Waals surface area contributed by atoms with E-state index in [-0.39, 0.29) is 22.9 Å². The van der Waals surface area contributed by atoms with Gasteiger partial charge in [-0.05, 0) is 47.9 Å². The van der Waals surface area contributed by atoms with Gasteiger partial charge in [0.2, 0.25) is 5.91 Å². The van der Waals surface area contributed by atoms with Crippen molar-refractivity contribution in [2.75, 3.05) is 13.3 Å². The Morgan fingerprint density at radius 1 is 0.944 bits per heavy atom. The third-order valence-electron chi connectivity index (χ3n) is 6.64. The van der Waals surface area contributed by atoms with E-state index in [0.29, 0.717) is 5.56 Å². The van der Waals surface area contributed by atoms with Crippen LogP contribution in [0.25, 0.3) is 0 Å². The first-order valence-corrected chi connectivity index (χ1v) is 13.3. The van der Waals surface area contributed by atoms with Crippen molar-refractivity contribution in [1.82, 2.24) is 9.80 Å². The molecular formula is C27H26F2N2O4S. The fourth-order valence-corrected chi connectivity index (χ4v) is 5.29. The van der Waals surface area contributed by atoms with E-state index < -0.39 is 45.4 Å². The number of likely N-dealkylation sites (N-methyl/N-ethyl adjacent to an activating group) is 1. The molecule has 9 heteroatoms. The lowest BCUT2D eigenvalue weighted by Gasteiger charge is -2.26. The lowest BCUT2D eigenvalue weighted by Crippen LogP contribution is -2.37. The van der Waals surface area contributed by atoms with Crippen LogP contribution < -0.4 is 0 Å². The Bertz CT molecular complexity index is 1370. The average Bonchev–Trinajstić information content (AvgIpc) is 3.06. The molecule has 0 radical (unpaired) electrons. The molecule has 0 spiro atoms. The molecule has 2 unspecified atom stereocenters. The van der Waals surface area contributed by atoms with Gasteiger partial charge in [-0.2, -0.15) is 0 Å². The van der Waals surface area contributed by atoms with Crippen LogP contribution in [0.4, 0.5) is 13.6 Å². The van der Waals surface area contributed by atoms with Crippen LogP contribution in [0.2, 0.25) is 0 Å². The van der Waals surface area contributed by atoms with Crippen LogP contribution in [0, 0.1) is 11.6 Å². The SMILES string of the molecule is CC1C(c2ccccc2)N(C(=O)C[C@H](c2ccc(S(C)(=O)=O)cc2)c2cc(F)cc(F)c2)C(=O)N1C. The normalized spacial score (nSPS) is 19.0. The van der Waals surface area contributed by atoms with E-state index in [2.05, 4.69) is 0 Å². The molecule has 0 aromatic heterocycles. The molecule has 0 N–H and O–H groups in total. The molecule has 1 fully saturated rings. The summed E-state index contributed by atoms with van der Waals surface area (Å²) >= 11 is 0. The first-order valence-electron chi connectivity index (χ1n) is 11.4. The Balaban J connectivity index is 1.74. The number of carbonyl (C=O) groups is 2. The predicted molar refractivity (Wildman–Crippen MR) is 131 cm³/mol. The van der Waals surface area contributed by atoms with Gasteiger partial charge in [-0.3, -0.25) is 9.69 Å². The number of rotatable bonds is 6. The third kappa shape index (κ3) is 5.02. The van der Waals surface area contributed by atoms with Gasteiger partial charge < -0.3 is 4.90 Å². The van der Waals surface area contributed by atoms with Crippen molar-refractivity contribution < 1.29 is 26.8 Å². The Morgan fingerprint density at radius 2 is 1.53 bits per heavy atom. The molecule has 1 saturated heterocycles. The molecular weight excluding hydrogens is 486 g/mol. The monoisotopic (exact) mass is 512 g/mol. The third-order valence-corrected chi connectivity index (χ3v) is 7.77. The van der Waals surface area contributed by atoms with Crippen LogP contribution >= 0.6 is 0 Å². The summed E-state index contributed by atoms with van der Waals surface area (Å²) in [6, 6.07) is 16.7. The zero-order valence-electron chi connectivity index (χ0n) is 20.1. The summed E-state index contributed by atoms with van der Waals surface area (Å²) in [6.45, 7) is 1.85. The van der Waals surface area contributed by atoms with Crippen LogP contribution in [0.5, 0.6) is 0 Å². The Labute approximate surface area is 209 Å². The van der Waals surface area contributed by atoms with Gasteiger partial charge in [0, 0.05) is 31.7 Å². The van der Waals surface area contributed by atoms with Gasteiger partial charge >= 0.3 is 6.03 Å². The minimum atomic E-state index is -3.46. The fraction of sp³-hybridized carbons (Fsp3) is 0.259. The first kappa shape index (κ1) is 25.5. The maximum atomic E-state index is 14.1. The second-order valence-electron chi connectivity index (χ2n) is 9.05. The van der Waals surface area contributed by atoms with Gasteiger partial charge in [0.15, 0.2) is 9.84 Å². The lowest BCUT2D eigenvalue weighted by molar-refractivity contribution is -0.129. The number of urea groups is 1. The summed E-state index contributed by atoms with van der Waals surface area (Å²) in [5.74, 6) is -2.93. The highest BCUT2D eigenvalue weighted by molar-refractivity contribution is 7.90. The number of amides is 3. The van der Waals surface area contributed by atoms with Crippen LogP contribution in [0.3, 0.4) is 0 Å². The topological polar surface area (TPSA) is 74.8 Å².